The van der Waals surface area contributed by atoms with Crippen molar-refractivity contribution in [3.05, 3.63) is 60.1 Å². The van der Waals surface area contributed by atoms with Crippen molar-refractivity contribution in [1.29, 1.82) is 0 Å². The standard InChI is InChI=1S/C19H22F2N6O.HI/c1-2-22-19(24-10-12-28-16-7-6-14(20)13-15(16)21)23-9-8-18-26-25-17-5-3-4-11-27(17)18;/h3-7,11,13H,2,8-10,12H2,1H3,(H2,22,23,24);1H. The first kappa shape index (κ1) is 22.8. The number of rotatable bonds is 8. The fourth-order valence-electron chi connectivity index (χ4n) is 2.59. The number of nitrogens with zero attached hydrogens (tertiary/aromatic N) is 4. The number of aliphatic imine (C=N–C) groups is 1. The number of pyridine rings is 1. The van der Waals surface area contributed by atoms with Gasteiger partial charge in [0.05, 0.1) is 6.54 Å². The lowest BCUT2D eigenvalue weighted by atomic mass is 10.3. The number of hydrogen-bond acceptors (Lipinski definition) is 4. The van der Waals surface area contributed by atoms with Gasteiger partial charge < -0.3 is 15.4 Å². The number of aromatic nitrogens is 3. The summed E-state index contributed by atoms with van der Waals surface area (Å²) < 4.78 is 33.7. The van der Waals surface area contributed by atoms with Gasteiger partial charge in [0.1, 0.15) is 18.2 Å². The van der Waals surface area contributed by atoms with Crippen molar-refractivity contribution in [3.8, 4) is 5.75 Å². The van der Waals surface area contributed by atoms with Crippen molar-refractivity contribution in [1.82, 2.24) is 25.2 Å². The van der Waals surface area contributed by atoms with E-state index in [0.29, 0.717) is 32.0 Å². The molecule has 0 atom stereocenters. The van der Waals surface area contributed by atoms with Gasteiger partial charge in [0.2, 0.25) is 0 Å². The van der Waals surface area contributed by atoms with Crippen LogP contribution in [0.4, 0.5) is 8.78 Å². The third-order valence-electron chi connectivity index (χ3n) is 3.88. The SMILES string of the molecule is CCNC(=NCCc1nnc2ccccn12)NCCOc1ccc(F)cc1F.I. The first-order valence-electron chi connectivity index (χ1n) is 9.06. The van der Waals surface area contributed by atoms with Gasteiger partial charge in [-0.15, -0.1) is 34.2 Å². The Bertz CT molecular complexity index is 949. The summed E-state index contributed by atoms with van der Waals surface area (Å²) >= 11 is 0. The van der Waals surface area contributed by atoms with Gasteiger partial charge in [-0.25, -0.2) is 8.78 Å². The van der Waals surface area contributed by atoms with Crippen LogP contribution in [0.25, 0.3) is 5.65 Å². The van der Waals surface area contributed by atoms with Crippen LogP contribution in [0.5, 0.6) is 5.75 Å². The molecular formula is C19H23F2IN6O. The number of guanidine groups is 1. The first-order chi connectivity index (χ1) is 13.7. The Labute approximate surface area is 184 Å². The molecule has 0 fully saturated rings. The Kier molecular flexibility index (Phi) is 9.03. The van der Waals surface area contributed by atoms with Gasteiger partial charge in [0.25, 0.3) is 0 Å². The van der Waals surface area contributed by atoms with Crippen molar-refractivity contribution in [2.45, 2.75) is 13.3 Å². The molecule has 7 nitrogen and oxygen atoms in total. The molecule has 3 aromatic rings. The fraction of sp³-hybridized carbons (Fsp3) is 0.316. The predicted octanol–water partition coefficient (Wildman–Crippen LogP) is 2.80. The summed E-state index contributed by atoms with van der Waals surface area (Å²) in [5.41, 5.74) is 0.802. The smallest absolute Gasteiger partial charge is 0.191 e. The summed E-state index contributed by atoms with van der Waals surface area (Å²) in [6.45, 7) is 3.82. The van der Waals surface area contributed by atoms with Crippen LogP contribution >= 0.6 is 24.0 Å². The van der Waals surface area contributed by atoms with Crippen LogP contribution in [-0.2, 0) is 6.42 Å². The number of benzene rings is 1. The molecule has 1 aromatic carbocycles. The van der Waals surface area contributed by atoms with Crippen molar-refractivity contribution < 1.29 is 13.5 Å². The lowest BCUT2D eigenvalue weighted by Crippen LogP contribution is -2.39. The summed E-state index contributed by atoms with van der Waals surface area (Å²) in [5.74, 6) is 0.125. The molecule has 0 amide bonds. The summed E-state index contributed by atoms with van der Waals surface area (Å²) in [6, 6.07) is 8.97. The second-order valence-corrected chi connectivity index (χ2v) is 5.91. The lowest BCUT2D eigenvalue weighted by Gasteiger charge is -2.12. The van der Waals surface area contributed by atoms with Gasteiger partial charge in [-0.1, -0.05) is 6.07 Å². The largest absolute Gasteiger partial charge is 0.489 e. The number of fused-ring (bicyclic) bond motifs is 1. The minimum atomic E-state index is -0.721. The van der Waals surface area contributed by atoms with E-state index in [0.717, 1.165) is 23.6 Å². The summed E-state index contributed by atoms with van der Waals surface area (Å²) in [5, 5.41) is 14.5. The zero-order valence-electron chi connectivity index (χ0n) is 15.9. The molecule has 0 unspecified atom stereocenters. The summed E-state index contributed by atoms with van der Waals surface area (Å²) in [4.78, 5) is 4.50. The van der Waals surface area contributed by atoms with Crippen LogP contribution in [0, 0.1) is 11.6 Å². The normalized spacial score (nSPS) is 11.2. The van der Waals surface area contributed by atoms with Crippen LogP contribution in [-0.4, -0.2) is 46.8 Å². The van der Waals surface area contributed by atoms with E-state index in [9.17, 15) is 8.78 Å². The Hall–Kier alpha value is -2.50. The molecule has 156 valence electrons. The third kappa shape index (κ3) is 6.51. The predicted molar refractivity (Wildman–Crippen MR) is 118 cm³/mol. The van der Waals surface area contributed by atoms with Crippen LogP contribution in [0.15, 0.2) is 47.6 Å². The van der Waals surface area contributed by atoms with Crippen LogP contribution < -0.4 is 15.4 Å². The van der Waals surface area contributed by atoms with Crippen LogP contribution in [0.3, 0.4) is 0 Å². The number of nitrogens with one attached hydrogen (secondary N) is 2. The third-order valence-corrected chi connectivity index (χ3v) is 3.88. The maximum atomic E-state index is 13.5. The molecule has 2 heterocycles. The maximum Gasteiger partial charge on any atom is 0.191 e. The highest BCUT2D eigenvalue weighted by Crippen LogP contribution is 2.17. The van der Waals surface area contributed by atoms with E-state index < -0.39 is 11.6 Å². The highest BCUT2D eigenvalue weighted by Gasteiger charge is 2.06. The molecule has 0 saturated heterocycles. The molecular weight excluding hydrogens is 493 g/mol. The molecule has 3 rings (SSSR count). The van der Waals surface area contributed by atoms with Crippen molar-refractivity contribution in [2.24, 2.45) is 4.99 Å². The average molecular weight is 516 g/mol. The molecule has 2 aromatic heterocycles. The van der Waals surface area contributed by atoms with Gasteiger partial charge in [0, 0.05) is 31.8 Å². The zero-order chi connectivity index (χ0) is 19.8. The number of ether oxygens (including phenoxy) is 1. The van der Waals surface area contributed by atoms with E-state index in [1.807, 2.05) is 35.7 Å². The van der Waals surface area contributed by atoms with E-state index in [1.165, 1.54) is 6.07 Å². The van der Waals surface area contributed by atoms with Crippen molar-refractivity contribution >= 4 is 35.6 Å². The molecule has 2 N–H and O–H groups in total. The van der Waals surface area contributed by atoms with E-state index in [-0.39, 0.29) is 36.3 Å². The van der Waals surface area contributed by atoms with Gasteiger partial charge in [-0.2, -0.15) is 0 Å². The van der Waals surface area contributed by atoms with Crippen molar-refractivity contribution in [2.75, 3.05) is 26.2 Å². The summed E-state index contributed by atoms with van der Waals surface area (Å²) in [7, 11) is 0. The Balaban J connectivity index is 0.00000300. The molecule has 0 bridgehead atoms. The second kappa shape index (κ2) is 11.5. The summed E-state index contributed by atoms with van der Waals surface area (Å²) in [6.07, 6.45) is 2.56. The van der Waals surface area contributed by atoms with Gasteiger partial charge in [-0.05, 0) is 31.2 Å². The van der Waals surface area contributed by atoms with Crippen molar-refractivity contribution in [3.63, 3.8) is 0 Å². The second-order valence-electron chi connectivity index (χ2n) is 5.91. The van der Waals surface area contributed by atoms with Crippen LogP contribution in [0.1, 0.15) is 12.7 Å². The minimum absolute atomic E-state index is 0. The van der Waals surface area contributed by atoms with Gasteiger partial charge in [0.15, 0.2) is 23.2 Å². The highest BCUT2D eigenvalue weighted by molar-refractivity contribution is 14.0. The van der Waals surface area contributed by atoms with E-state index in [4.69, 9.17) is 4.74 Å². The molecule has 29 heavy (non-hydrogen) atoms. The Morgan fingerprint density at radius 1 is 1.17 bits per heavy atom. The molecule has 0 aliphatic heterocycles. The fourth-order valence-corrected chi connectivity index (χ4v) is 2.59. The molecule has 0 radical (unpaired) electrons. The Morgan fingerprint density at radius 2 is 2.03 bits per heavy atom. The molecule has 0 aliphatic carbocycles. The molecule has 10 heteroatoms. The highest BCUT2D eigenvalue weighted by atomic mass is 127. The molecule has 0 spiro atoms. The molecule has 0 saturated carbocycles. The Morgan fingerprint density at radius 3 is 2.83 bits per heavy atom. The average Bonchev–Trinajstić information content (AvgIpc) is 3.10. The first-order valence-corrected chi connectivity index (χ1v) is 9.06. The lowest BCUT2D eigenvalue weighted by molar-refractivity contribution is 0.304. The number of halogens is 3. The zero-order valence-corrected chi connectivity index (χ0v) is 18.3. The quantitative estimate of drug-likeness (QED) is 0.209. The topological polar surface area (TPSA) is 75.8 Å². The van der Waals surface area contributed by atoms with E-state index in [2.05, 4.69) is 25.8 Å². The van der Waals surface area contributed by atoms with Gasteiger partial charge >= 0.3 is 0 Å². The number of hydrogen-bond donors (Lipinski definition) is 2. The monoisotopic (exact) mass is 516 g/mol. The van der Waals surface area contributed by atoms with E-state index >= 15 is 0 Å². The maximum absolute atomic E-state index is 13.5. The van der Waals surface area contributed by atoms with E-state index in [1.54, 1.807) is 0 Å². The molecule has 0 aliphatic rings. The van der Waals surface area contributed by atoms with Crippen LogP contribution in [0.2, 0.25) is 0 Å². The van der Waals surface area contributed by atoms with Gasteiger partial charge in [-0.3, -0.25) is 9.39 Å². The minimum Gasteiger partial charge on any atom is -0.489 e.